The molecule has 1 saturated heterocycles. The second-order valence-corrected chi connectivity index (χ2v) is 4.59. The van der Waals surface area contributed by atoms with Crippen LogP contribution in [0.4, 0.5) is 5.69 Å². The van der Waals surface area contributed by atoms with Crippen LogP contribution < -0.4 is 10.5 Å². The first kappa shape index (κ1) is 13.2. The molecule has 1 heterocycles. The fourth-order valence-electron chi connectivity index (χ4n) is 2.24. The van der Waals surface area contributed by atoms with Gasteiger partial charge in [-0.15, -0.1) is 0 Å². The summed E-state index contributed by atoms with van der Waals surface area (Å²) < 4.78 is 11.2. The zero-order valence-corrected chi connectivity index (χ0v) is 11.0. The molecular weight excluding hydrogens is 228 g/mol. The van der Waals surface area contributed by atoms with Gasteiger partial charge in [-0.25, -0.2) is 0 Å². The van der Waals surface area contributed by atoms with Crippen LogP contribution in [-0.2, 0) is 4.74 Å². The van der Waals surface area contributed by atoms with Gasteiger partial charge in [-0.05, 0) is 18.6 Å². The average Bonchev–Trinajstić information content (AvgIpc) is 2.39. The van der Waals surface area contributed by atoms with Crippen molar-refractivity contribution in [2.75, 3.05) is 38.6 Å². The molecule has 1 aliphatic rings. The van der Waals surface area contributed by atoms with Crippen molar-refractivity contribution in [2.45, 2.75) is 19.4 Å². The quantitative estimate of drug-likeness (QED) is 0.809. The summed E-state index contributed by atoms with van der Waals surface area (Å²) in [6.45, 7) is 6.50. The largest absolute Gasteiger partial charge is 0.492 e. The van der Waals surface area contributed by atoms with Gasteiger partial charge in [0.1, 0.15) is 12.4 Å². The van der Waals surface area contributed by atoms with Gasteiger partial charge < -0.3 is 15.2 Å². The predicted molar refractivity (Wildman–Crippen MR) is 72.8 cm³/mol. The molecule has 1 unspecified atom stereocenters. The first-order valence-electron chi connectivity index (χ1n) is 6.59. The summed E-state index contributed by atoms with van der Waals surface area (Å²) in [7, 11) is 0. The minimum absolute atomic E-state index is 0.531. The third-order valence-electron chi connectivity index (χ3n) is 3.33. The van der Waals surface area contributed by atoms with Gasteiger partial charge in [0.05, 0.1) is 13.2 Å². The Hall–Kier alpha value is -1.26. The number of nitrogens with zero attached hydrogens (tertiary/aromatic N) is 1. The molecule has 1 fully saturated rings. The Labute approximate surface area is 109 Å². The van der Waals surface area contributed by atoms with Crippen LogP contribution in [0.15, 0.2) is 24.3 Å². The molecule has 0 spiro atoms. The summed E-state index contributed by atoms with van der Waals surface area (Å²) >= 11 is 0. The standard InChI is InChI=1S/C14H22N2O2/c1-2-13-11-17-8-6-16(13)7-9-18-14-5-3-4-12(15)10-14/h3-5,10,13H,2,6-9,11,15H2,1H3. The van der Waals surface area contributed by atoms with E-state index in [9.17, 15) is 0 Å². The summed E-state index contributed by atoms with van der Waals surface area (Å²) in [5.41, 5.74) is 6.45. The maximum atomic E-state index is 5.72. The topological polar surface area (TPSA) is 47.7 Å². The molecule has 2 rings (SSSR count). The number of nitrogens with two attached hydrogens (primary N) is 1. The smallest absolute Gasteiger partial charge is 0.121 e. The van der Waals surface area contributed by atoms with Crippen LogP contribution in [-0.4, -0.2) is 43.9 Å². The first-order valence-corrected chi connectivity index (χ1v) is 6.59. The molecular formula is C14H22N2O2. The second-order valence-electron chi connectivity index (χ2n) is 4.59. The lowest BCUT2D eigenvalue weighted by molar-refractivity contribution is -0.0132. The van der Waals surface area contributed by atoms with Crippen LogP contribution in [0.3, 0.4) is 0 Å². The summed E-state index contributed by atoms with van der Waals surface area (Å²) in [6.07, 6.45) is 1.12. The van der Waals surface area contributed by atoms with Crippen molar-refractivity contribution in [3.8, 4) is 5.75 Å². The van der Waals surface area contributed by atoms with Crippen molar-refractivity contribution in [3.63, 3.8) is 0 Å². The van der Waals surface area contributed by atoms with Crippen molar-refractivity contribution in [3.05, 3.63) is 24.3 Å². The monoisotopic (exact) mass is 250 g/mol. The van der Waals surface area contributed by atoms with E-state index in [4.69, 9.17) is 15.2 Å². The number of ether oxygens (including phenoxy) is 2. The lowest BCUT2D eigenvalue weighted by atomic mass is 10.2. The zero-order valence-electron chi connectivity index (χ0n) is 11.0. The number of anilines is 1. The third kappa shape index (κ3) is 3.62. The van der Waals surface area contributed by atoms with Crippen LogP contribution >= 0.6 is 0 Å². The van der Waals surface area contributed by atoms with Crippen LogP contribution in [0.2, 0.25) is 0 Å². The van der Waals surface area contributed by atoms with E-state index in [-0.39, 0.29) is 0 Å². The maximum absolute atomic E-state index is 5.72. The van der Waals surface area contributed by atoms with E-state index in [0.717, 1.165) is 44.2 Å². The molecule has 1 aromatic rings. The summed E-state index contributed by atoms with van der Waals surface area (Å²) in [6, 6.07) is 8.10. The Balaban J connectivity index is 1.77. The minimum Gasteiger partial charge on any atom is -0.492 e. The van der Waals surface area contributed by atoms with Crippen molar-refractivity contribution in [2.24, 2.45) is 0 Å². The molecule has 4 nitrogen and oxygen atoms in total. The molecule has 2 N–H and O–H groups in total. The fourth-order valence-corrected chi connectivity index (χ4v) is 2.24. The molecule has 0 bridgehead atoms. The minimum atomic E-state index is 0.531. The second kappa shape index (κ2) is 6.61. The third-order valence-corrected chi connectivity index (χ3v) is 3.33. The molecule has 0 radical (unpaired) electrons. The van der Waals surface area contributed by atoms with Crippen LogP contribution in [0.1, 0.15) is 13.3 Å². The van der Waals surface area contributed by atoms with Crippen LogP contribution in [0.5, 0.6) is 5.75 Å². The van der Waals surface area contributed by atoms with Crippen LogP contribution in [0, 0.1) is 0 Å². The number of benzene rings is 1. The Morgan fingerprint density at radius 3 is 3.17 bits per heavy atom. The normalized spacial score (nSPS) is 20.8. The van der Waals surface area contributed by atoms with Gasteiger partial charge in [-0.3, -0.25) is 4.90 Å². The van der Waals surface area contributed by atoms with Crippen molar-refractivity contribution in [1.29, 1.82) is 0 Å². The van der Waals surface area contributed by atoms with Crippen molar-refractivity contribution in [1.82, 2.24) is 4.90 Å². The lowest BCUT2D eigenvalue weighted by Gasteiger charge is -2.34. The highest BCUT2D eigenvalue weighted by Gasteiger charge is 2.20. The van der Waals surface area contributed by atoms with Gasteiger partial charge in [0.15, 0.2) is 0 Å². The molecule has 0 aromatic heterocycles. The molecule has 0 saturated carbocycles. The SMILES string of the molecule is CCC1COCCN1CCOc1cccc(N)c1. The first-order chi connectivity index (χ1) is 8.79. The average molecular weight is 250 g/mol. The van der Waals surface area contributed by atoms with E-state index in [1.54, 1.807) is 0 Å². The highest BCUT2D eigenvalue weighted by molar-refractivity contribution is 5.43. The number of morpholine rings is 1. The van der Waals surface area contributed by atoms with E-state index >= 15 is 0 Å². The van der Waals surface area contributed by atoms with E-state index in [1.165, 1.54) is 0 Å². The Morgan fingerprint density at radius 1 is 1.50 bits per heavy atom. The summed E-state index contributed by atoms with van der Waals surface area (Å²) in [4.78, 5) is 2.44. The van der Waals surface area contributed by atoms with Gasteiger partial charge in [0.2, 0.25) is 0 Å². The van der Waals surface area contributed by atoms with Gasteiger partial charge >= 0.3 is 0 Å². The van der Waals surface area contributed by atoms with Crippen molar-refractivity contribution < 1.29 is 9.47 Å². The summed E-state index contributed by atoms with van der Waals surface area (Å²) in [5.74, 6) is 0.844. The molecule has 1 atom stereocenters. The van der Waals surface area contributed by atoms with Gasteiger partial charge in [-0.1, -0.05) is 13.0 Å². The Bertz CT molecular complexity index is 371. The van der Waals surface area contributed by atoms with E-state index < -0.39 is 0 Å². The van der Waals surface area contributed by atoms with E-state index in [2.05, 4.69) is 11.8 Å². The van der Waals surface area contributed by atoms with E-state index in [0.29, 0.717) is 12.6 Å². The van der Waals surface area contributed by atoms with Crippen LogP contribution in [0.25, 0.3) is 0 Å². The maximum Gasteiger partial charge on any atom is 0.121 e. The molecule has 1 aliphatic heterocycles. The molecule has 1 aromatic carbocycles. The highest BCUT2D eigenvalue weighted by atomic mass is 16.5. The predicted octanol–water partition coefficient (Wildman–Crippen LogP) is 1.76. The molecule has 100 valence electrons. The molecule has 0 amide bonds. The van der Waals surface area contributed by atoms with Gasteiger partial charge in [0, 0.05) is 30.9 Å². The number of nitrogen functional groups attached to an aromatic ring is 1. The number of hydrogen-bond donors (Lipinski definition) is 1. The molecule has 18 heavy (non-hydrogen) atoms. The van der Waals surface area contributed by atoms with E-state index in [1.807, 2.05) is 24.3 Å². The molecule has 4 heteroatoms. The van der Waals surface area contributed by atoms with Crippen molar-refractivity contribution >= 4 is 5.69 Å². The summed E-state index contributed by atoms with van der Waals surface area (Å²) in [5, 5.41) is 0. The lowest BCUT2D eigenvalue weighted by Crippen LogP contribution is -2.46. The fraction of sp³-hybridized carbons (Fsp3) is 0.571. The number of rotatable bonds is 5. The van der Waals surface area contributed by atoms with Gasteiger partial charge in [-0.2, -0.15) is 0 Å². The molecule has 0 aliphatic carbocycles. The number of hydrogen-bond acceptors (Lipinski definition) is 4. The highest BCUT2D eigenvalue weighted by Crippen LogP contribution is 2.15. The Morgan fingerprint density at radius 2 is 2.39 bits per heavy atom. The Kier molecular flexibility index (Phi) is 4.84. The van der Waals surface area contributed by atoms with Gasteiger partial charge in [0.25, 0.3) is 0 Å². The zero-order chi connectivity index (χ0) is 12.8.